The molecular formula is C19H18N6O5S. The minimum atomic E-state index is -0.673. The van der Waals surface area contributed by atoms with Crippen LogP contribution in [0.3, 0.4) is 0 Å². The van der Waals surface area contributed by atoms with Crippen LogP contribution in [0.5, 0.6) is 17.2 Å². The zero-order chi connectivity index (χ0) is 21.8. The average Bonchev–Trinajstić information content (AvgIpc) is 3.38. The van der Waals surface area contributed by atoms with E-state index in [1.54, 1.807) is 37.4 Å². The number of aromatic nitrogens is 3. The maximum Gasteiger partial charge on any atom is 0.325 e. The van der Waals surface area contributed by atoms with Gasteiger partial charge in [-0.1, -0.05) is 23.9 Å². The molecule has 0 atom stereocenters. The number of nitrogens with zero attached hydrogens (tertiary/aromatic N) is 3. The van der Waals surface area contributed by atoms with Crippen molar-refractivity contribution in [3.05, 3.63) is 42.5 Å². The van der Waals surface area contributed by atoms with E-state index >= 15 is 0 Å². The number of ether oxygens (including phenoxy) is 3. The Kier molecular flexibility index (Phi) is 5.80. The fourth-order valence-electron chi connectivity index (χ4n) is 2.82. The first-order chi connectivity index (χ1) is 15.0. The van der Waals surface area contributed by atoms with Gasteiger partial charge in [0.1, 0.15) is 5.75 Å². The second-order valence-corrected chi connectivity index (χ2v) is 7.18. The Bertz CT molecular complexity index is 1130. The lowest BCUT2D eigenvalue weighted by Crippen LogP contribution is -2.35. The van der Waals surface area contributed by atoms with Crippen molar-refractivity contribution < 1.29 is 23.8 Å². The molecule has 0 radical (unpaired) electrons. The Balaban J connectivity index is 1.33. The van der Waals surface area contributed by atoms with Crippen molar-refractivity contribution in [3.8, 4) is 28.6 Å². The number of carbonyl (C=O) groups excluding carboxylic acids is 2. The molecular weight excluding hydrogens is 424 g/mol. The van der Waals surface area contributed by atoms with E-state index < -0.39 is 11.9 Å². The first-order valence-electron chi connectivity index (χ1n) is 9.02. The zero-order valence-corrected chi connectivity index (χ0v) is 17.1. The molecule has 2 aromatic carbocycles. The fourth-order valence-corrected chi connectivity index (χ4v) is 3.47. The number of nitrogens with one attached hydrogen (secondary N) is 2. The SMILES string of the molecule is COc1ccccc1-c1nnc(SCC(=O)NC(=O)Nc2ccc3c(c2)OCO3)n1N. The van der Waals surface area contributed by atoms with Crippen molar-refractivity contribution in [2.24, 2.45) is 0 Å². The molecule has 0 saturated carbocycles. The summed E-state index contributed by atoms with van der Waals surface area (Å²) < 4.78 is 17.0. The van der Waals surface area contributed by atoms with E-state index in [9.17, 15) is 9.59 Å². The number of carbonyl (C=O) groups is 2. The van der Waals surface area contributed by atoms with E-state index in [4.69, 9.17) is 20.1 Å². The van der Waals surface area contributed by atoms with Crippen LogP contribution in [0.25, 0.3) is 11.4 Å². The highest BCUT2D eigenvalue weighted by molar-refractivity contribution is 7.99. The van der Waals surface area contributed by atoms with Gasteiger partial charge in [0, 0.05) is 11.8 Å². The van der Waals surface area contributed by atoms with Crippen molar-refractivity contribution in [2.75, 3.05) is 30.8 Å². The van der Waals surface area contributed by atoms with Gasteiger partial charge in [-0.15, -0.1) is 10.2 Å². The van der Waals surface area contributed by atoms with Gasteiger partial charge in [0.05, 0.1) is 18.4 Å². The first-order valence-corrected chi connectivity index (χ1v) is 10.0. The monoisotopic (exact) mass is 442 g/mol. The van der Waals surface area contributed by atoms with E-state index in [0.29, 0.717) is 39.5 Å². The topological polar surface area (TPSA) is 143 Å². The summed E-state index contributed by atoms with van der Waals surface area (Å²) in [6.45, 7) is 0.130. The van der Waals surface area contributed by atoms with Gasteiger partial charge in [-0.05, 0) is 24.3 Å². The number of anilines is 1. The molecule has 3 amide bonds. The Morgan fingerprint density at radius 3 is 2.84 bits per heavy atom. The smallest absolute Gasteiger partial charge is 0.325 e. The van der Waals surface area contributed by atoms with Crippen molar-refractivity contribution >= 4 is 29.4 Å². The quantitative estimate of drug-likeness (QED) is 0.385. The summed E-state index contributed by atoms with van der Waals surface area (Å²) in [5, 5.41) is 13.2. The van der Waals surface area contributed by atoms with Crippen LogP contribution in [-0.4, -0.2) is 46.5 Å². The molecule has 0 bridgehead atoms. The molecule has 3 aromatic rings. The van der Waals surface area contributed by atoms with Crippen LogP contribution in [-0.2, 0) is 4.79 Å². The number of fused-ring (bicyclic) bond motifs is 1. The minimum absolute atomic E-state index is 0.0875. The van der Waals surface area contributed by atoms with E-state index in [1.807, 2.05) is 12.1 Å². The summed E-state index contributed by atoms with van der Waals surface area (Å²) in [6.07, 6.45) is 0. The van der Waals surface area contributed by atoms with Crippen LogP contribution in [0.4, 0.5) is 10.5 Å². The van der Waals surface area contributed by atoms with Crippen LogP contribution in [0.15, 0.2) is 47.6 Å². The highest BCUT2D eigenvalue weighted by Gasteiger charge is 2.18. The largest absolute Gasteiger partial charge is 0.496 e. The zero-order valence-electron chi connectivity index (χ0n) is 16.3. The van der Waals surface area contributed by atoms with Gasteiger partial charge in [-0.3, -0.25) is 10.1 Å². The number of hydrogen-bond donors (Lipinski definition) is 3. The Labute approximate surface area is 180 Å². The molecule has 4 rings (SSSR count). The molecule has 4 N–H and O–H groups in total. The van der Waals surface area contributed by atoms with Gasteiger partial charge in [-0.25, -0.2) is 9.47 Å². The summed E-state index contributed by atoms with van der Waals surface area (Å²) in [5.74, 6) is 7.56. The Morgan fingerprint density at radius 2 is 2.00 bits per heavy atom. The van der Waals surface area contributed by atoms with E-state index in [0.717, 1.165) is 11.8 Å². The van der Waals surface area contributed by atoms with Crippen molar-refractivity contribution in [3.63, 3.8) is 0 Å². The number of nitrogens with two attached hydrogens (primary N) is 1. The molecule has 160 valence electrons. The predicted molar refractivity (Wildman–Crippen MR) is 113 cm³/mol. The van der Waals surface area contributed by atoms with Crippen LogP contribution in [0.2, 0.25) is 0 Å². The number of urea groups is 1. The third kappa shape index (κ3) is 4.48. The number of nitrogen functional groups attached to an aromatic ring is 1. The van der Waals surface area contributed by atoms with E-state index in [2.05, 4.69) is 20.8 Å². The van der Waals surface area contributed by atoms with E-state index in [1.165, 1.54) is 4.68 Å². The number of benzene rings is 2. The normalized spacial score (nSPS) is 11.8. The molecule has 0 aliphatic carbocycles. The average molecular weight is 442 g/mol. The molecule has 0 unspecified atom stereocenters. The number of hydrogen-bond acceptors (Lipinski definition) is 9. The molecule has 11 nitrogen and oxygen atoms in total. The summed E-state index contributed by atoms with van der Waals surface area (Å²) >= 11 is 1.04. The van der Waals surface area contributed by atoms with Crippen LogP contribution in [0, 0.1) is 0 Å². The van der Waals surface area contributed by atoms with Gasteiger partial charge in [-0.2, -0.15) is 0 Å². The van der Waals surface area contributed by atoms with Gasteiger partial charge in [0.15, 0.2) is 17.3 Å². The fraction of sp³-hybridized carbons (Fsp3) is 0.158. The molecule has 2 heterocycles. The Morgan fingerprint density at radius 1 is 1.19 bits per heavy atom. The molecule has 1 aromatic heterocycles. The number of para-hydroxylation sites is 1. The highest BCUT2D eigenvalue weighted by Crippen LogP contribution is 2.34. The lowest BCUT2D eigenvalue weighted by molar-refractivity contribution is -0.117. The third-order valence-electron chi connectivity index (χ3n) is 4.23. The van der Waals surface area contributed by atoms with Crippen molar-refractivity contribution in [1.29, 1.82) is 0 Å². The molecule has 1 aliphatic rings. The van der Waals surface area contributed by atoms with Crippen LogP contribution >= 0.6 is 11.8 Å². The van der Waals surface area contributed by atoms with E-state index in [-0.39, 0.29) is 12.5 Å². The molecule has 0 spiro atoms. The highest BCUT2D eigenvalue weighted by atomic mass is 32.2. The molecule has 31 heavy (non-hydrogen) atoms. The number of amides is 3. The van der Waals surface area contributed by atoms with Crippen LogP contribution in [0.1, 0.15) is 0 Å². The lowest BCUT2D eigenvalue weighted by Gasteiger charge is -2.08. The van der Waals surface area contributed by atoms with Crippen molar-refractivity contribution in [2.45, 2.75) is 5.16 Å². The number of methoxy groups -OCH3 is 1. The summed E-state index contributed by atoms with van der Waals surface area (Å²) in [7, 11) is 1.55. The van der Waals surface area contributed by atoms with Crippen molar-refractivity contribution in [1.82, 2.24) is 20.2 Å². The number of rotatable bonds is 6. The maximum atomic E-state index is 12.1. The molecule has 0 saturated heterocycles. The van der Waals surface area contributed by atoms with Gasteiger partial charge in [0.2, 0.25) is 17.9 Å². The van der Waals surface area contributed by atoms with Gasteiger partial charge in [0.25, 0.3) is 0 Å². The predicted octanol–water partition coefficient (Wildman–Crippen LogP) is 1.84. The maximum absolute atomic E-state index is 12.1. The Hall–Kier alpha value is -3.93. The standard InChI is InChI=1S/C19H18N6O5S/c1-28-13-5-3-2-4-12(13)17-23-24-19(25(17)20)31-9-16(26)22-18(27)21-11-6-7-14-15(8-11)30-10-29-14/h2-8H,9-10,20H2,1H3,(H2,21,22,26,27). The second kappa shape index (κ2) is 8.83. The van der Waals surface area contributed by atoms with Gasteiger partial charge < -0.3 is 25.4 Å². The lowest BCUT2D eigenvalue weighted by atomic mass is 10.2. The second-order valence-electron chi connectivity index (χ2n) is 6.24. The summed E-state index contributed by atoms with van der Waals surface area (Å²) in [4.78, 5) is 24.2. The first kappa shape index (κ1) is 20.3. The number of imide groups is 1. The third-order valence-corrected chi connectivity index (χ3v) is 5.17. The van der Waals surface area contributed by atoms with Crippen LogP contribution < -0.4 is 30.7 Å². The molecule has 12 heteroatoms. The molecule has 1 aliphatic heterocycles. The summed E-state index contributed by atoms with van der Waals surface area (Å²) in [6, 6.07) is 11.5. The number of thioether (sulfide) groups is 1. The van der Waals surface area contributed by atoms with Gasteiger partial charge >= 0.3 is 6.03 Å². The summed E-state index contributed by atoms with van der Waals surface area (Å²) in [5.41, 5.74) is 1.13. The minimum Gasteiger partial charge on any atom is -0.496 e. The molecule has 0 fully saturated rings.